The second-order valence-corrected chi connectivity index (χ2v) is 5.99. The minimum atomic E-state index is 0.600. The van der Waals surface area contributed by atoms with Crippen molar-refractivity contribution < 1.29 is 0 Å². The Morgan fingerprint density at radius 3 is 2.68 bits per heavy atom. The van der Waals surface area contributed by atoms with Crippen LogP contribution in [0, 0.1) is 0 Å². The van der Waals surface area contributed by atoms with Gasteiger partial charge in [-0.2, -0.15) is 0 Å². The fourth-order valence-corrected chi connectivity index (χ4v) is 3.16. The molecule has 1 aromatic heterocycles. The fourth-order valence-electron chi connectivity index (χ4n) is 3.16. The van der Waals surface area contributed by atoms with Crippen LogP contribution in [0.2, 0.25) is 0 Å². The van der Waals surface area contributed by atoms with E-state index in [4.69, 9.17) is 10.7 Å². The first-order chi connectivity index (χ1) is 10.8. The van der Waals surface area contributed by atoms with Crippen molar-refractivity contribution >= 4 is 18.0 Å². The average Bonchev–Trinajstić information content (AvgIpc) is 2.85. The lowest BCUT2D eigenvalue weighted by Gasteiger charge is -2.26. The molecule has 112 valence electrons. The summed E-state index contributed by atoms with van der Waals surface area (Å²) < 4.78 is 2.29. The van der Waals surface area contributed by atoms with Gasteiger partial charge in [0.15, 0.2) is 0 Å². The van der Waals surface area contributed by atoms with E-state index in [0.717, 1.165) is 24.5 Å². The van der Waals surface area contributed by atoms with Crippen LogP contribution in [0.1, 0.15) is 48.0 Å². The number of nitrogens with zero attached hydrogens (tertiary/aromatic N) is 3. The molecule has 4 nitrogen and oxygen atoms in total. The van der Waals surface area contributed by atoms with Crippen LogP contribution < -0.4 is 5.73 Å². The molecule has 0 amide bonds. The predicted molar refractivity (Wildman–Crippen MR) is 89.8 cm³/mol. The van der Waals surface area contributed by atoms with Gasteiger partial charge in [0, 0.05) is 12.5 Å². The third-order valence-corrected chi connectivity index (χ3v) is 4.58. The highest BCUT2D eigenvalue weighted by Gasteiger charge is 2.29. The summed E-state index contributed by atoms with van der Waals surface area (Å²) in [4.78, 5) is 9.30. The number of rotatable bonds is 3. The molecule has 0 atom stereocenters. The van der Waals surface area contributed by atoms with E-state index < -0.39 is 0 Å². The van der Waals surface area contributed by atoms with Crippen LogP contribution in [-0.2, 0) is 6.54 Å². The van der Waals surface area contributed by atoms with Crippen LogP contribution in [0.15, 0.2) is 35.3 Å². The molecule has 1 aliphatic heterocycles. The number of nitrogens with two attached hydrogens (primary N) is 1. The molecule has 1 saturated carbocycles. The average molecular weight is 292 g/mol. The minimum absolute atomic E-state index is 0.600. The Labute approximate surface area is 130 Å². The third kappa shape index (κ3) is 2.25. The van der Waals surface area contributed by atoms with Gasteiger partial charge in [-0.1, -0.05) is 42.8 Å². The standard InChI is InChI=1S/C18H20N4/c19-17-16-15(10-9-13-5-2-1-3-6-13)21-18(14-7-4-8-14)22(16)12-11-20-17/h1-3,5-6,9-10,14H,4,7-8,11-12H2,(H2,19,20)/b10-9+. The number of amidine groups is 1. The highest BCUT2D eigenvalue weighted by Crippen LogP contribution is 2.37. The molecular weight excluding hydrogens is 272 g/mol. The summed E-state index contributed by atoms with van der Waals surface area (Å²) in [7, 11) is 0. The number of hydrogen-bond donors (Lipinski definition) is 1. The van der Waals surface area contributed by atoms with Crippen molar-refractivity contribution in [2.24, 2.45) is 10.7 Å². The van der Waals surface area contributed by atoms with Crippen LogP contribution in [0.25, 0.3) is 12.2 Å². The van der Waals surface area contributed by atoms with Crippen molar-refractivity contribution in [3.05, 3.63) is 53.1 Å². The van der Waals surface area contributed by atoms with Crippen molar-refractivity contribution in [2.75, 3.05) is 6.54 Å². The SMILES string of the molecule is NC1=NCCn2c(C3CCC3)nc(/C=C/c3ccccc3)c21. The van der Waals surface area contributed by atoms with Crippen molar-refractivity contribution in [3.8, 4) is 0 Å². The van der Waals surface area contributed by atoms with Gasteiger partial charge in [-0.3, -0.25) is 4.99 Å². The summed E-state index contributed by atoms with van der Waals surface area (Å²) in [6.07, 6.45) is 7.96. The number of imidazole rings is 1. The summed E-state index contributed by atoms with van der Waals surface area (Å²) in [5, 5.41) is 0. The molecule has 22 heavy (non-hydrogen) atoms. The Hall–Kier alpha value is -2.36. The zero-order chi connectivity index (χ0) is 14.9. The highest BCUT2D eigenvalue weighted by molar-refractivity contribution is 6.00. The van der Waals surface area contributed by atoms with E-state index >= 15 is 0 Å². The van der Waals surface area contributed by atoms with Crippen molar-refractivity contribution in [1.29, 1.82) is 0 Å². The Bertz CT molecular complexity index is 736. The molecule has 4 rings (SSSR count). The van der Waals surface area contributed by atoms with Crippen LogP contribution in [0.4, 0.5) is 0 Å². The summed E-state index contributed by atoms with van der Waals surface area (Å²) in [5.41, 5.74) is 9.26. The number of hydrogen-bond acceptors (Lipinski definition) is 3. The van der Waals surface area contributed by atoms with E-state index in [1.165, 1.54) is 30.7 Å². The van der Waals surface area contributed by atoms with E-state index in [1.807, 2.05) is 18.2 Å². The van der Waals surface area contributed by atoms with Gasteiger partial charge in [0.25, 0.3) is 0 Å². The first kappa shape index (κ1) is 13.3. The zero-order valence-corrected chi connectivity index (χ0v) is 12.6. The fraction of sp³-hybridized carbons (Fsp3) is 0.333. The molecule has 2 aromatic rings. The lowest BCUT2D eigenvalue weighted by atomic mass is 9.85. The Morgan fingerprint density at radius 2 is 1.95 bits per heavy atom. The van der Waals surface area contributed by atoms with E-state index in [9.17, 15) is 0 Å². The Kier molecular flexibility index (Phi) is 3.29. The molecule has 0 unspecified atom stereocenters. The first-order valence-corrected chi connectivity index (χ1v) is 7.97. The lowest BCUT2D eigenvalue weighted by molar-refractivity contribution is 0.386. The van der Waals surface area contributed by atoms with E-state index in [2.05, 4.69) is 33.8 Å². The van der Waals surface area contributed by atoms with Gasteiger partial charge >= 0.3 is 0 Å². The van der Waals surface area contributed by atoms with Gasteiger partial charge in [0.1, 0.15) is 17.4 Å². The first-order valence-electron chi connectivity index (χ1n) is 7.97. The summed E-state index contributed by atoms with van der Waals surface area (Å²) >= 11 is 0. The zero-order valence-electron chi connectivity index (χ0n) is 12.6. The summed E-state index contributed by atoms with van der Waals surface area (Å²) in [6, 6.07) is 10.3. The maximum absolute atomic E-state index is 6.14. The van der Waals surface area contributed by atoms with Gasteiger partial charge in [0.2, 0.25) is 0 Å². The molecule has 0 spiro atoms. The molecule has 2 N–H and O–H groups in total. The number of aromatic nitrogens is 2. The van der Waals surface area contributed by atoms with Gasteiger partial charge < -0.3 is 10.3 Å². The maximum atomic E-state index is 6.14. The molecule has 1 aromatic carbocycles. The monoisotopic (exact) mass is 292 g/mol. The van der Waals surface area contributed by atoms with Crippen molar-refractivity contribution in [3.63, 3.8) is 0 Å². The van der Waals surface area contributed by atoms with E-state index in [-0.39, 0.29) is 0 Å². The predicted octanol–water partition coefficient (Wildman–Crippen LogP) is 3.04. The van der Waals surface area contributed by atoms with Crippen LogP contribution in [0.3, 0.4) is 0 Å². The normalized spacial score (nSPS) is 18.1. The molecule has 1 aliphatic carbocycles. The Balaban J connectivity index is 1.74. The highest BCUT2D eigenvalue weighted by atomic mass is 15.2. The molecule has 2 heterocycles. The molecule has 1 fully saturated rings. The van der Waals surface area contributed by atoms with Gasteiger partial charge in [-0.05, 0) is 24.5 Å². The van der Waals surface area contributed by atoms with Crippen molar-refractivity contribution in [2.45, 2.75) is 31.7 Å². The quantitative estimate of drug-likeness (QED) is 0.945. The molecular formula is C18H20N4. The smallest absolute Gasteiger partial charge is 0.145 e. The van der Waals surface area contributed by atoms with Gasteiger partial charge in [-0.15, -0.1) is 0 Å². The molecule has 0 saturated heterocycles. The molecule has 4 heteroatoms. The second kappa shape index (κ2) is 5.44. The van der Waals surface area contributed by atoms with Crippen LogP contribution in [-0.4, -0.2) is 21.9 Å². The van der Waals surface area contributed by atoms with E-state index in [1.54, 1.807) is 0 Å². The van der Waals surface area contributed by atoms with Crippen LogP contribution in [0.5, 0.6) is 0 Å². The maximum Gasteiger partial charge on any atom is 0.145 e. The number of benzene rings is 1. The number of aliphatic imine (C=N–C) groups is 1. The lowest BCUT2D eigenvalue weighted by Crippen LogP contribution is -2.27. The third-order valence-electron chi connectivity index (χ3n) is 4.58. The Morgan fingerprint density at radius 1 is 1.14 bits per heavy atom. The van der Waals surface area contributed by atoms with Crippen LogP contribution >= 0.6 is 0 Å². The largest absolute Gasteiger partial charge is 0.382 e. The van der Waals surface area contributed by atoms with E-state index in [0.29, 0.717) is 11.8 Å². The summed E-state index contributed by atoms with van der Waals surface area (Å²) in [6.45, 7) is 1.66. The van der Waals surface area contributed by atoms with Gasteiger partial charge in [0.05, 0.1) is 12.2 Å². The second-order valence-electron chi connectivity index (χ2n) is 5.99. The van der Waals surface area contributed by atoms with Crippen molar-refractivity contribution in [1.82, 2.24) is 9.55 Å². The number of fused-ring (bicyclic) bond motifs is 1. The van der Waals surface area contributed by atoms with Gasteiger partial charge in [-0.25, -0.2) is 4.98 Å². The molecule has 0 bridgehead atoms. The molecule has 2 aliphatic rings. The molecule has 0 radical (unpaired) electrons. The topological polar surface area (TPSA) is 56.2 Å². The summed E-state index contributed by atoms with van der Waals surface area (Å²) in [5.74, 6) is 2.42. The minimum Gasteiger partial charge on any atom is -0.382 e.